The van der Waals surface area contributed by atoms with Crippen molar-refractivity contribution in [2.45, 2.75) is 20.0 Å². The predicted octanol–water partition coefficient (Wildman–Crippen LogP) is 4.94. The second-order valence-electron chi connectivity index (χ2n) is 6.38. The number of aromatic nitrogens is 2. The van der Waals surface area contributed by atoms with Crippen molar-refractivity contribution in [3.63, 3.8) is 0 Å². The van der Waals surface area contributed by atoms with Gasteiger partial charge in [-0.15, -0.1) is 0 Å². The number of carbonyl (C=O) groups is 1. The first kappa shape index (κ1) is 17.0. The monoisotopic (exact) mass is 356 g/mol. The second kappa shape index (κ2) is 7.46. The molecule has 2 aromatic carbocycles. The lowest BCUT2D eigenvalue weighted by Gasteiger charge is -2.08. The smallest absolute Gasteiger partial charge is 0.195 e. The normalized spacial score (nSPS) is 10.9. The Morgan fingerprint density at radius 2 is 1.81 bits per heavy atom. The first-order valence-electron chi connectivity index (χ1n) is 9.02. The number of hydrogen-bond acceptors (Lipinski definition) is 3. The Labute approximate surface area is 157 Å². The van der Waals surface area contributed by atoms with Gasteiger partial charge in [-0.25, -0.2) is 0 Å². The molecule has 0 aliphatic rings. The minimum Gasteiger partial charge on any atom is -0.489 e. The van der Waals surface area contributed by atoms with E-state index < -0.39 is 0 Å². The summed E-state index contributed by atoms with van der Waals surface area (Å²) < 4.78 is 5.81. The van der Waals surface area contributed by atoms with Crippen molar-refractivity contribution in [2.24, 2.45) is 0 Å². The molecule has 4 nitrogen and oxygen atoms in total. The summed E-state index contributed by atoms with van der Waals surface area (Å²) in [5, 5.41) is 0.865. The maximum Gasteiger partial charge on any atom is 0.195 e. The van der Waals surface area contributed by atoms with Crippen LogP contribution in [0.5, 0.6) is 5.75 Å². The molecule has 0 saturated carbocycles. The van der Waals surface area contributed by atoms with E-state index in [9.17, 15) is 4.79 Å². The number of carbonyl (C=O) groups excluding carboxylic acids is 1. The fourth-order valence-corrected chi connectivity index (χ4v) is 3.20. The Kier molecular flexibility index (Phi) is 4.71. The first-order valence-corrected chi connectivity index (χ1v) is 9.02. The van der Waals surface area contributed by atoms with Gasteiger partial charge in [0.1, 0.15) is 12.4 Å². The predicted molar refractivity (Wildman–Crippen MR) is 106 cm³/mol. The Bertz CT molecular complexity index is 1070. The Morgan fingerprint density at radius 3 is 2.56 bits per heavy atom. The second-order valence-corrected chi connectivity index (χ2v) is 6.38. The van der Waals surface area contributed by atoms with E-state index in [2.05, 4.69) is 9.97 Å². The summed E-state index contributed by atoms with van der Waals surface area (Å²) in [7, 11) is 0. The number of ether oxygens (including phenoxy) is 1. The Morgan fingerprint density at radius 1 is 1.04 bits per heavy atom. The third kappa shape index (κ3) is 3.47. The molecule has 0 bridgehead atoms. The van der Waals surface area contributed by atoms with Crippen LogP contribution in [0.3, 0.4) is 0 Å². The SMILES string of the molecule is CCc1[nH]c2ccncc2c1C(=O)c1ccc(OCc2ccccc2)cc1. The fourth-order valence-electron chi connectivity index (χ4n) is 3.20. The molecule has 4 rings (SSSR count). The van der Waals surface area contributed by atoms with Crippen molar-refractivity contribution in [2.75, 3.05) is 0 Å². The van der Waals surface area contributed by atoms with Crippen LogP contribution in [0, 0.1) is 0 Å². The third-order valence-electron chi connectivity index (χ3n) is 4.62. The largest absolute Gasteiger partial charge is 0.489 e. The number of pyridine rings is 1. The molecule has 2 heterocycles. The van der Waals surface area contributed by atoms with Crippen LogP contribution in [0.4, 0.5) is 0 Å². The minimum atomic E-state index is 0.000657. The van der Waals surface area contributed by atoms with E-state index in [0.717, 1.165) is 34.3 Å². The molecule has 4 aromatic rings. The summed E-state index contributed by atoms with van der Waals surface area (Å²) >= 11 is 0. The summed E-state index contributed by atoms with van der Waals surface area (Å²) in [6, 6.07) is 19.2. The number of aromatic amines is 1. The van der Waals surface area contributed by atoms with Crippen molar-refractivity contribution in [3.05, 3.63) is 95.4 Å². The zero-order valence-corrected chi connectivity index (χ0v) is 15.1. The van der Waals surface area contributed by atoms with E-state index in [1.165, 1.54) is 0 Å². The van der Waals surface area contributed by atoms with E-state index in [1.807, 2.05) is 67.6 Å². The molecule has 0 unspecified atom stereocenters. The van der Waals surface area contributed by atoms with Crippen LogP contribution < -0.4 is 4.74 Å². The van der Waals surface area contributed by atoms with Gasteiger partial charge in [-0.05, 0) is 42.3 Å². The number of fused-ring (bicyclic) bond motifs is 1. The lowest BCUT2D eigenvalue weighted by Crippen LogP contribution is -2.04. The lowest BCUT2D eigenvalue weighted by atomic mass is 10.00. The molecule has 0 radical (unpaired) electrons. The third-order valence-corrected chi connectivity index (χ3v) is 4.62. The number of hydrogen-bond donors (Lipinski definition) is 1. The van der Waals surface area contributed by atoms with E-state index in [0.29, 0.717) is 17.7 Å². The molecular formula is C23H20N2O2. The van der Waals surface area contributed by atoms with Crippen molar-refractivity contribution >= 4 is 16.7 Å². The van der Waals surface area contributed by atoms with Gasteiger partial charge in [0.2, 0.25) is 0 Å². The van der Waals surface area contributed by atoms with Crippen LogP contribution >= 0.6 is 0 Å². The quantitative estimate of drug-likeness (QED) is 0.498. The number of nitrogens with zero attached hydrogens (tertiary/aromatic N) is 1. The first-order chi connectivity index (χ1) is 13.3. The van der Waals surface area contributed by atoms with Crippen LogP contribution in [0.2, 0.25) is 0 Å². The number of H-pyrrole nitrogens is 1. The van der Waals surface area contributed by atoms with E-state index in [4.69, 9.17) is 4.74 Å². The van der Waals surface area contributed by atoms with Gasteiger partial charge in [0.05, 0.1) is 5.56 Å². The molecule has 0 amide bonds. The molecule has 0 aliphatic carbocycles. The molecule has 0 fully saturated rings. The average molecular weight is 356 g/mol. The molecular weight excluding hydrogens is 336 g/mol. The highest BCUT2D eigenvalue weighted by Crippen LogP contribution is 2.26. The number of rotatable bonds is 6. The fraction of sp³-hybridized carbons (Fsp3) is 0.130. The number of ketones is 1. The molecule has 4 heteroatoms. The maximum atomic E-state index is 13.1. The van der Waals surface area contributed by atoms with Crippen LogP contribution in [-0.4, -0.2) is 15.8 Å². The highest BCUT2D eigenvalue weighted by Gasteiger charge is 2.19. The lowest BCUT2D eigenvalue weighted by molar-refractivity contribution is 0.103. The molecule has 1 N–H and O–H groups in total. The van der Waals surface area contributed by atoms with Crippen LogP contribution in [0.15, 0.2) is 73.1 Å². The van der Waals surface area contributed by atoms with Crippen LogP contribution in [-0.2, 0) is 13.0 Å². The molecule has 0 atom stereocenters. The van der Waals surface area contributed by atoms with Gasteiger partial charge >= 0.3 is 0 Å². The summed E-state index contributed by atoms with van der Waals surface area (Å²) in [6.45, 7) is 2.54. The highest BCUT2D eigenvalue weighted by molar-refractivity contribution is 6.17. The molecule has 0 aliphatic heterocycles. The summed E-state index contributed by atoms with van der Waals surface area (Å²) in [6.07, 6.45) is 4.23. The summed E-state index contributed by atoms with van der Waals surface area (Å²) in [5.74, 6) is 0.743. The Hall–Kier alpha value is -3.40. The van der Waals surface area contributed by atoms with Crippen molar-refractivity contribution < 1.29 is 9.53 Å². The van der Waals surface area contributed by atoms with Gasteiger partial charge < -0.3 is 9.72 Å². The average Bonchev–Trinajstić information content (AvgIpc) is 3.11. The molecule has 27 heavy (non-hydrogen) atoms. The van der Waals surface area contributed by atoms with Crippen LogP contribution in [0.1, 0.15) is 34.1 Å². The Balaban J connectivity index is 1.56. The van der Waals surface area contributed by atoms with Gasteiger partial charge in [0, 0.05) is 34.6 Å². The summed E-state index contributed by atoms with van der Waals surface area (Å²) in [4.78, 5) is 20.6. The van der Waals surface area contributed by atoms with Crippen molar-refractivity contribution in [3.8, 4) is 5.75 Å². The standard InChI is InChI=1S/C23H20N2O2/c1-2-20-22(19-14-24-13-12-21(19)25-20)23(26)17-8-10-18(11-9-17)27-15-16-6-4-3-5-7-16/h3-14,25H,2,15H2,1H3. The minimum absolute atomic E-state index is 0.000657. The summed E-state index contributed by atoms with van der Waals surface area (Å²) in [5.41, 5.74) is 4.33. The van der Waals surface area contributed by atoms with E-state index in [1.54, 1.807) is 12.4 Å². The topological polar surface area (TPSA) is 55.0 Å². The van der Waals surface area contributed by atoms with Gasteiger partial charge in [-0.2, -0.15) is 0 Å². The zero-order valence-electron chi connectivity index (χ0n) is 15.1. The van der Waals surface area contributed by atoms with Crippen molar-refractivity contribution in [1.29, 1.82) is 0 Å². The molecule has 2 aromatic heterocycles. The van der Waals surface area contributed by atoms with Gasteiger partial charge in [0.25, 0.3) is 0 Å². The zero-order chi connectivity index (χ0) is 18.6. The van der Waals surface area contributed by atoms with E-state index >= 15 is 0 Å². The van der Waals surface area contributed by atoms with Gasteiger partial charge in [-0.1, -0.05) is 37.3 Å². The van der Waals surface area contributed by atoms with Gasteiger partial charge in [-0.3, -0.25) is 9.78 Å². The number of aryl methyl sites for hydroxylation is 1. The number of benzene rings is 2. The van der Waals surface area contributed by atoms with Crippen LogP contribution in [0.25, 0.3) is 10.9 Å². The van der Waals surface area contributed by atoms with Crippen molar-refractivity contribution in [1.82, 2.24) is 9.97 Å². The molecule has 134 valence electrons. The van der Waals surface area contributed by atoms with E-state index in [-0.39, 0.29) is 5.78 Å². The highest BCUT2D eigenvalue weighted by atomic mass is 16.5. The molecule has 0 saturated heterocycles. The van der Waals surface area contributed by atoms with Gasteiger partial charge in [0.15, 0.2) is 5.78 Å². The maximum absolute atomic E-state index is 13.1. The molecule has 0 spiro atoms. The number of nitrogens with one attached hydrogen (secondary N) is 1.